The molecule has 0 aliphatic heterocycles. The lowest BCUT2D eigenvalue weighted by Crippen LogP contribution is -2.10. The highest BCUT2D eigenvalue weighted by Gasteiger charge is 1.90. The molecule has 1 rings (SSSR count). The molecule has 2 heteroatoms. The number of hydrogen-bond acceptors (Lipinski definition) is 2. The molecule has 0 aromatic heterocycles. The third kappa shape index (κ3) is 9.23. The molecule has 0 aliphatic rings. The van der Waals surface area contributed by atoms with Gasteiger partial charge in [0.25, 0.3) is 0 Å². The lowest BCUT2D eigenvalue weighted by molar-refractivity contribution is 0.402. The quantitative estimate of drug-likeness (QED) is 0.780. The molecule has 82 valence electrons. The van der Waals surface area contributed by atoms with E-state index in [-0.39, 0.29) is 7.43 Å². The Kier molecular flexibility index (Phi) is 11.4. The molecule has 0 bridgehead atoms. The molecule has 0 radical (unpaired) electrons. The van der Waals surface area contributed by atoms with Crippen LogP contribution in [0.15, 0.2) is 30.3 Å². The smallest absolute Gasteiger partial charge is 0.0227 e. The molecule has 0 spiro atoms. The van der Waals surface area contributed by atoms with Crippen LogP contribution in [0.3, 0.4) is 0 Å². The van der Waals surface area contributed by atoms with Crippen molar-refractivity contribution in [3.8, 4) is 0 Å². The van der Waals surface area contributed by atoms with Crippen LogP contribution in [0.5, 0.6) is 0 Å². The van der Waals surface area contributed by atoms with E-state index < -0.39 is 0 Å². The number of nitrogens with one attached hydrogen (secondary N) is 1. The Bertz CT molecular complexity index is 195. The van der Waals surface area contributed by atoms with Gasteiger partial charge in [0.1, 0.15) is 0 Å². The summed E-state index contributed by atoms with van der Waals surface area (Å²) in [6.07, 6.45) is 0. The van der Waals surface area contributed by atoms with Crippen molar-refractivity contribution in [3.05, 3.63) is 35.9 Å². The molecular formula is C12H24N2. The Morgan fingerprint density at radius 1 is 1.07 bits per heavy atom. The van der Waals surface area contributed by atoms with Crippen molar-refractivity contribution in [2.24, 2.45) is 0 Å². The fourth-order valence-electron chi connectivity index (χ4n) is 0.949. The number of benzene rings is 1. The van der Waals surface area contributed by atoms with Gasteiger partial charge in [0, 0.05) is 6.54 Å². The molecule has 0 atom stereocenters. The maximum absolute atomic E-state index is 2.75. The Hall–Kier alpha value is -0.860. The molecule has 14 heavy (non-hydrogen) atoms. The van der Waals surface area contributed by atoms with Crippen LogP contribution in [0, 0.1) is 0 Å². The second-order valence-corrected chi connectivity index (χ2v) is 3.22. The van der Waals surface area contributed by atoms with Crippen LogP contribution >= 0.6 is 0 Å². The summed E-state index contributed by atoms with van der Waals surface area (Å²) >= 11 is 0. The Morgan fingerprint density at radius 3 is 1.86 bits per heavy atom. The summed E-state index contributed by atoms with van der Waals surface area (Å²) in [6.45, 7) is 1.03. The van der Waals surface area contributed by atoms with Crippen molar-refractivity contribution in [1.82, 2.24) is 10.2 Å². The Balaban J connectivity index is 0. The van der Waals surface area contributed by atoms with Crippen LogP contribution in [-0.4, -0.2) is 33.1 Å². The van der Waals surface area contributed by atoms with E-state index in [2.05, 4.69) is 48.6 Å². The average Bonchev–Trinajstić information content (AvgIpc) is 2.06. The lowest BCUT2D eigenvalue weighted by atomic mass is 10.2. The van der Waals surface area contributed by atoms with E-state index in [1.54, 1.807) is 0 Å². The zero-order chi connectivity index (χ0) is 10.1. The van der Waals surface area contributed by atoms with E-state index in [0.29, 0.717) is 0 Å². The minimum Gasteiger partial charge on any atom is -0.323 e. The summed E-state index contributed by atoms with van der Waals surface area (Å²) in [5, 5.41) is 2.75. The lowest BCUT2D eigenvalue weighted by Gasteiger charge is -2.08. The van der Waals surface area contributed by atoms with Crippen LogP contribution in [-0.2, 0) is 6.54 Å². The fraction of sp³-hybridized carbons (Fsp3) is 0.500. The first-order chi connectivity index (χ1) is 6.20. The van der Waals surface area contributed by atoms with Gasteiger partial charge in [0.15, 0.2) is 0 Å². The average molecular weight is 196 g/mol. The molecule has 0 heterocycles. The minimum absolute atomic E-state index is 0. The van der Waals surface area contributed by atoms with E-state index in [4.69, 9.17) is 0 Å². The number of hydrogen-bond donors (Lipinski definition) is 1. The van der Waals surface area contributed by atoms with Crippen molar-refractivity contribution in [1.29, 1.82) is 0 Å². The first kappa shape index (κ1) is 15.6. The van der Waals surface area contributed by atoms with Crippen molar-refractivity contribution < 1.29 is 0 Å². The van der Waals surface area contributed by atoms with Gasteiger partial charge in [-0.15, -0.1) is 0 Å². The molecule has 1 aromatic carbocycles. The van der Waals surface area contributed by atoms with E-state index in [1.807, 2.05) is 20.2 Å². The molecule has 1 N–H and O–H groups in total. The highest BCUT2D eigenvalue weighted by Crippen LogP contribution is 1.99. The first-order valence-electron chi connectivity index (χ1n) is 4.47. The van der Waals surface area contributed by atoms with E-state index in [1.165, 1.54) is 5.56 Å². The highest BCUT2D eigenvalue weighted by atomic mass is 15.0. The summed E-state index contributed by atoms with van der Waals surface area (Å²) in [7, 11) is 7.90. The standard InChI is InChI=1S/C9H13N.C2H7N.CH4/c1-10(2)8-9-6-4-3-5-7-9;1-3-2;/h3-7H,8H2,1-2H3;3H,1-2H3;1H4. The molecule has 0 aliphatic carbocycles. The van der Waals surface area contributed by atoms with Crippen molar-refractivity contribution in [3.63, 3.8) is 0 Å². The molecular weight excluding hydrogens is 172 g/mol. The zero-order valence-electron chi connectivity index (χ0n) is 9.04. The number of rotatable bonds is 2. The van der Waals surface area contributed by atoms with E-state index in [9.17, 15) is 0 Å². The predicted octanol–water partition coefficient (Wildman–Crippen LogP) is 2.22. The van der Waals surface area contributed by atoms with E-state index in [0.717, 1.165) is 6.54 Å². The van der Waals surface area contributed by atoms with Crippen LogP contribution in [0.2, 0.25) is 0 Å². The second kappa shape index (κ2) is 10.2. The summed E-state index contributed by atoms with van der Waals surface area (Å²) in [6, 6.07) is 10.5. The van der Waals surface area contributed by atoms with Gasteiger partial charge in [-0.1, -0.05) is 37.8 Å². The normalized spacial score (nSPS) is 8.64. The van der Waals surface area contributed by atoms with Gasteiger partial charge in [0.05, 0.1) is 0 Å². The Labute approximate surface area is 88.9 Å². The van der Waals surface area contributed by atoms with Gasteiger partial charge in [-0.2, -0.15) is 0 Å². The largest absolute Gasteiger partial charge is 0.323 e. The van der Waals surface area contributed by atoms with Crippen LogP contribution in [0.1, 0.15) is 13.0 Å². The maximum atomic E-state index is 2.75. The third-order valence-corrected chi connectivity index (χ3v) is 1.34. The topological polar surface area (TPSA) is 15.3 Å². The van der Waals surface area contributed by atoms with Gasteiger partial charge >= 0.3 is 0 Å². The highest BCUT2D eigenvalue weighted by molar-refractivity contribution is 5.14. The third-order valence-electron chi connectivity index (χ3n) is 1.34. The molecule has 0 saturated heterocycles. The fourth-order valence-corrected chi connectivity index (χ4v) is 0.949. The molecule has 1 aromatic rings. The molecule has 0 unspecified atom stereocenters. The summed E-state index contributed by atoms with van der Waals surface area (Å²) in [5.41, 5.74) is 1.37. The number of nitrogens with zero attached hydrogens (tertiary/aromatic N) is 1. The summed E-state index contributed by atoms with van der Waals surface area (Å²) < 4.78 is 0. The first-order valence-corrected chi connectivity index (χ1v) is 4.47. The summed E-state index contributed by atoms with van der Waals surface area (Å²) in [4.78, 5) is 2.16. The summed E-state index contributed by atoms with van der Waals surface area (Å²) in [5.74, 6) is 0. The van der Waals surface area contributed by atoms with Gasteiger partial charge in [-0.3, -0.25) is 0 Å². The maximum Gasteiger partial charge on any atom is 0.0227 e. The molecule has 0 fully saturated rings. The molecule has 2 nitrogen and oxygen atoms in total. The van der Waals surface area contributed by atoms with Gasteiger partial charge in [-0.05, 0) is 33.8 Å². The van der Waals surface area contributed by atoms with Gasteiger partial charge in [-0.25, -0.2) is 0 Å². The van der Waals surface area contributed by atoms with Crippen molar-refractivity contribution in [2.75, 3.05) is 28.2 Å². The van der Waals surface area contributed by atoms with Crippen LogP contribution in [0.4, 0.5) is 0 Å². The molecule has 0 saturated carbocycles. The predicted molar refractivity (Wildman–Crippen MR) is 65.5 cm³/mol. The zero-order valence-corrected chi connectivity index (χ0v) is 9.04. The van der Waals surface area contributed by atoms with Crippen LogP contribution in [0.25, 0.3) is 0 Å². The Morgan fingerprint density at radius 2 is 1.50 bits per heavy atom. The second-order valence-electron chi connectivity index (χ2n) is 3.22. The van der Waals surface area contributed by atoms with Crippen molar-refractivity contribution >= 4 is 0 Å². The van der Waals surface area contributed by atoms with E-state index >= 15 is 0 Å². The SMILES string of the molecule is C.CN(C)Cc1ccccc1.CNC. The van der Waals surface area contributed by atoms with Crippen LogP contribution < -0.4 is 5.32 Å². The van der Waals surface area contributed by atoms with Gasteiger partial charge in [0.2, 0.25) is 0 Å². The molecule has 0 amide bonds. The monoisotopic (exact) mass is 196 g/mol. The minimum atomic E-state index is 0. The van der Waals surface area contributed by atoms with Gasteiger partial charge < -0.3 is 10.2 Å². The van der Waals surface area contributed by atoms with Crippen molar-refractivity contribution in [2.45, 2.75) is 14.0 Å².